The van der Waals surface area contributed by atoms with Gasteiger partial charge in [0.25, 0.3) is 0 Å². The lowest BCUT2D eigenvalue weighted by Crippen LogP contribution is -2.34. The molecular formula is C22H43NO10. The highest BCUT2D eigenvalue weighted by atomic mass is 16.6. The summed E-state index contributed by atoms with van der Waals surface area (Å²) in [5.41, 5.74) is -0.510. The number of ketones is 1. The van der Waals surface area contributed by atoms with Crippen LogP contribution in [0.3, 0.4) is 0 Å². The van der Waals surface area contributed by atoms with Gasteiger partial charge in [-0.2, -0.15) is 0 Å². The van der Waals surface area contributed by atoms with E-state index in [9.17, 15) is 9.59 Å². The topological polar surface area (TPSA) is 131 Å². The number of Topliss-reactive ketones (excluding diaryl/α,β-unsaturated/α-hetero) is 1. The number of hydrogen-bond acceptors (Lipinski definition) is 10. The van der Waals surface area contributed by atoms with E-state index in [1.54, 1.807) is 0 Å². The van der Waals surface area contributed by atoms with Crippen LogP contribution in [0.5, 0.6) is 0 Å². The van der Waals surface area contributed by atoms with Gasteiger partial charge in [0.15, 0.2) is 0 Å². The fraction of sp³-hybridized carbons (Fsp3) is 0.909. The molecule has 0 aliphatic heterocycles. The second-order valence-electron chi connectivity index (χ2n) is 7.87. The quantitative estimate of drug-likeness (QED) is 0.203. The second kappa shape index (κ2) is 22.5. The third kappa shape index (κ3) is 26.8. The number of aliphatic hydroxyl groups excluding tert-OH is 1. The molecule has 33 heavy (non-hydrogen) atoms. The average molecular weight is 482 g/mol. The van der Waals surface area contributed by atoms with Gasteiger partial charge in [0.2, 0.25) is 0 Å². The monoisotopic (exact) mass is 481 g/mol. The molecule has 0 bridgehead atoms. The van der Waals surface area contributed by atoms with Gasteiger partial charge in [-0.1, -0.05) is 0 Å². The minimum Gasteiger partial charge on any atom is -0.444 e. The Balaban J connectivity index is 3.14. The summed E-state index contributed by atoms with van der Waals surface area (Å²) in [7, 11) is 0. The van der Waals surface area contributed by atoms with E-state index in [0.29, 0.717) is 92.2 Å². The summed E-state index contributed by atoms with van der Waals surface area (Å²) < 4.78 is 37.3. The van der Waals surface area contributed by atoms with Crippen LogP contribution in [0.4, 0.5) is 4.79 Å². The van der Waals surface area contributed by atoms with Crippen molar-refractivity contribution in [3.05, 3.63) is 0 Å². The molecule has 0 aliphatic carbocycles. The summed E-state index contributed by atoms with van der Waals surface area (Å²) in [6.45, 7) is 11.0. The molecule has 0 fully saturated rings. The van der Waals surface area contributed by atoms with Gasteiger partial charge >= 0.3 is 6.09 Å². The number of hydrogen-bond donors (Lipinski definition) is 2. The van der Waals surface area contributed by atoms with Gasteiger partial charge in [-0.3, -0.25) is 4.79 Å². The standard InChI is InChI=1S/C22H43NO10/c1-22(2,3)33-21(26)23-6-9-28-11-13-30-15-17-32-19-18-31-16-14-29-12-10-27-8-5-20(25)4-7-24/h24H,4-19H2,1-3H3,(H,23,26). The molecule has 0 aromatic carbocycles. The first kappa shape index (κ1) is 31.7. The van der Waals surface area contributed by atoms with E-state index in [0.717, 1.165) is 0 Å². The van der Waals surface area contributed by atoms with E-state index in [1.165, 1.54) is 0 Å². The van der Waals surface area contributed by atoms with E-state index in [2.05, 4.69) is 5.32 Å². The summed E-state index contributed by atoms with van der Waals surface area (Å²) in [6, 6.07) is 0. The summed E-state index contributed by atoms with van der Waals surface area (Å²) >= 11 is 0. The number of alkyl carbamates (subject to hydrolysis) is 1. The van der Waals surface area contributed by atoms with Crippen LogP contribution < -0.4 is 5.32 Å². The first-order valence-corrected chi connectivity index (χ1v) is 11.4. The molecule has 11 heteroatoms. The summed E-state index contributed by atoms with van der Waals surface area (Å²) in [4.78, 5) is 22.6. The van der Waals surface area contributed by atoms with E-state index < -0.39 is 11.7 Å². The van der Waals surface area contributed by atoms with Crippen LogP contribution in [-0.2, 0) is 38.0 Å². The molecule has 0 aromatic heterocycles. The predicted octanol–water partition coefficient (Wildman–Crippen LogP) is 0.952. The lowest BCUT2D eigenvalue weighted by Gasteiger charge is -2.19. The number of carbonyl (C=O) groups excluding carboxylic acids is 2. The normalized spacial score (nSPS) is 11.5. The van der Waals surface area contributed by atoms with Crippen molar-refractivity contribution in [2.75, 3.05) is 92.4 Å². The molecule has 0 heterocycles. The largest absolute Gasteiger partial charge is 0.444 e. The van der Waals surface area contributed by atoms with Crippen molar-refractivity contribution in [2.24, 2.45) is 0 Å². The first-order valence-electron chi connectivity index (χ1n) is 11.4. The molecule has 0 saturated carbocycles. The zero-order chi connectivity index (χ0) is 24.6. The molecule has 0 aliphatic rings. The maximum atomic E-state index is 11.4. The molecule has 1 amide bonds. The fourth-order valence-electron chi connectivity index (χ4n) is 2.18. The van der Waals surface area contributed by atoms with E-state index in [-0.39, 0.29) is 18.8 Å². The highest BCUT2D eigenvalue weighted by Gasteiger charge is 2.15. The molecule has 0 spiro atoms. The van der Waals surface area contributed by atoms with Crippen molar-refractivity contribution < 1.29 is 47.9 Å². The molecule has 0 saturated heterocycles. The molecule has 2 N–H and O–H groups in total. The lowest BCUT2D eigenvalue weighted by molar-refractivity contribution is -0.120. The fourth-order valence-corrected chi connectivity index (χ4v) is 2.18. The Bertz CT molecular complexity index is 471. The Kier molecular flexibility index (Phi) is 21.5. The molecule has 0 unspecified atom stereocenters. The smallest absolute Gasteiger partial charge is 0.407 e. The third-order valence-electron chi connectivity index (χ3n) is 3.69. The van der Waals surface area contributed by atoms with Crippen molar-refractivity contribution in [1.29, 1.82) is 0 Å². The number of amides is 1. The van der Waals surface area contributed by atoms with Crippen LogP contribution in [0.1, 0.15) is 33.6 Å². The minimum atomic E-state index is -0.510. The highest BCUT2D eigenvalue weighted by molar-refractivity contribution is 5.78. The predicted molar refractivity (Wildman–Crippen MR) is 120 cm³/mol. The van der Waals surface area contributed by atoms with Crippen LogP contribution in [0.25, 0.3) is 0 Å². The van der Waals surface area contributed by atoms with Crippen molar-refractivity contribution in [1.82, 2.24) is 5.32 Å². The summed E-state index contributed by atoms with van der Waals surface area (Å²) in [5, 5.41) is 11.2. The maximum absolute atomic E-state index is 11.4. The third-order valence-corrected chi connectivity index (χ3v) is 3.69. The van der Waals surface area contributed by atoms with Crippen LogP contribution in [0.15, 0.2) is 0 Å². The second-order valence-corrected chi connectivity index (χ2v) is 7.87. The Labute approximate surface area is 197 Å². The van der Waals surface area contributed by atoms with E-state index in [1.807, 2.05) is 20.8 Å². The number of carbonyl (C=O) groups is 2. The molecule has 0 rings (SSSR count). The maximum Gasteiger partial charge on any atom is 0.407 e. The first-order chi connectivity index (χ1) is 15.8. The lowest BCUT2D eigenvalue weighted by atomic mass is 10.2. The number of aliphatic hydroxyl groups is 1. The van der Waals surface area contributed by atoms with E-state index >= 15 is 0 Å². The summed E-state index contributed by atoms with van der Waals surface area (Å²) in [5.74, 6) is -0.00356. The van der Waals surface area contributed by atoms with E-state index in [4.69, 9.17) is 38.3 Å². The number of nitrogens with one attached hydrogen (secondary N) is 1. The van der Waals surface area contributed by atoms with Crippen LogP contribution in [-0.4, -0.2) is 115 Å². The zero-order valence-electron chi connectivity index (χ0n) is 20.4. The SMILES string of the molecule is CC(C)(C)OC(=O)NCCOCCOCCOCCOCCOCCOCCC(=O)CCO. The number of rotatable bonds is 23. The van der Waals surface area contributed by atoms with Crippen molar-refractivity contribution in [3.8, 4) is 0 Å². The van der Waals surface area contributed by atoms with Crippen LogP contribution in [0.2, 0.25) is 0 Å². The van der Waals surface area contributed by atoms with Crippen molar-refractivity contribution in [2.45, 2.75) is 39.2 Å². The van der Waals surface area contributed by atoms with Gasteiger partial charge in [0, 0.05) is 26.0 Å². The Morgan fingerprint density at radius 2 is 1.03 bits per heavy atom. The number of ether oxygens (including phenoxy) is 7. The van der Waals surface area contributed by atoms with Gasteiger partial charge in [-0.05, 0) is 20.8 Å². The Morgan fingerprint density at radius 3 is 1.42 bits per heavy atom. The van der Waals surface area contributed by atoms with Crippen LogP contribution >= 0.6 is 0 Å². The van der Waals surface area contributed by atoms with Gasteiger partial charge in [-0.25, -0.2) is 4.79 Å². The van der Waals surface area contributed by atoms with Gasteiger partial charge in [0.1, 0.15) is 11.4 Å². The Morgan fingerprint density at radius 1 is 0.636 bits per heavy atom. The molecule has 0 atom stereocenters. The molecule has 0 radical (unpaired) electrons. The van der Waals surface area contributed by atoms with Crippen molar-refractivity contribution >= 4 is 11.9 Å². The molecule has 0 aromatic rings. The van der Waals surface area contributed by atoms with Gasteiger partial charge < -0.3 is 43.6 Å². The summed E-state index contributed by atoms with van der Waals surface area (Å²) in [6.07, 6.45) is 0.0424. The molecular weight excluding hydrogens is 438 g/mol. The van der Waals surface area contributed by atoms with Gasteiger partial charge in [-0.15, -0.1) is 0 Å². The van der Waals surface area contributed by atoms with Crippen molar-refractivity contribution in [3.63, 3.8) is 0 Å². The highest BCUT2D eigenvalue weighted by Crippen LogP contribution is 2.06. The minimum absolute atomic E-state index is 0.00356. The van der Waals surface area contributed by atoms with Gasteiger partial charge in [0.05, 0.1) is 79.3 Å². The average Bonchev–Trinajstić information content (AvgIpc) is 2.73. The molecule has 11 nitrogen and oxygen atoms in total. The van der Waals surface area contributed by atoms with Crippen LogP contribution in [0, 0.1) is 0 Å². The molecule has 196 valence electrons. The zero-order valence-corrected chi connectivity index (χ0v) is 20.4. The Hall–Kier alpha value is -1.34.